The molecule has 0 aromatic carbocycles. The van der Waals surface area contributed by atoms with Crippen molar-refractivity contribution in [2.45, 2.75) is 38.5 Å². The predicted molar refractivity (Wildman–Crippen MR) is 79.9 cm³/mol. The quantitative estimate of drug-likeness (QED) is 0.900. The Hall–Kier alpha value is -1.16. The van der Waals surface area contributed by atoms with Gasteiger partial charge in [0.25, 0.3) is 0 Å². The predicted octanol–water partition coefficient (Wildman–Crippen LogP) is 3.95. The average Bonchev–Trinajstić information content (AvgIpc) is 3.10. The molecule has 2 aromatic heterocycles. The maximum atomic E-state index is 4.87. The molecule has 2 fully saturated rings. The fraction of sp³-hybridized carbons (Fsp3) is 0.600. The van der Waals surface area contributed by atoms with E-state index in [2.05, 4.69) is 18.3 Å². The Morgan fingerprint density at radius 2 is 2.16 bits per heavy atom. The molecule has 2 saturated carbocycles. The van der Waals surface area contributed by atoms with Crippen molar-refractivity contribution in [3.63, 3.8) is 0 Å². The summed E-state index contributed by atoms with van der Waals surface area (Å²) < 4.78 is 0. The van der Waals surface area contributed by atoms with E-state index in [0.29, 0.717) is 5.92 Å². The molecule has 3 nitrogen and oxygen atoms in total. The highest BCUT2D eigenvalue weighted by Gasteiger charge is 2.41. The van der Waals surface area contributed by atoms with Crippen LogP contribution in [-0.2, 0) is 0 Å². The number of aryl methyl sites for hydroxylation is 1. The van der Waals surface area contributed by atoms with Gasteiger partial charge in [-0.1, -0.05) is 6.42 Å². The Kier molecular flexibility index (Phi) is 2.56. The van der Waals surface area contributed by atoms with Crippen LogP contribution in [0.1, 0.15) is 42.3 Å². The Bertz CT molecular complexity index is 634. The van der Waals surface area contributed by atoms with Gasteiger partial charge in [0.2, 0.25) is 0 Å². The van der Waals surface area contributed by atoms with E-state index in [-0.39, 0.29) is 0 Å². The lowest BCUT2D eigenvalue weighted by Gasteiger charge is -2.20. The smallest absolute Gasteiger partial charge is 0.138 e. The van der Waals surface area contributed by atoms with Crippen LogP contribution in [0.5, 0.6) is 0 Å². The van der Waals surface area contributed by atoms with Crippen LogP contribution in [0.25, 0.3) is 10.2 Å². The monoisotopic (exact) mass is 273 g/mol. The number of nitrogens with zero attached hydrogens (tertiary/aromatic N) is 2. The van der Waals surface area contributed by atoms with E-state index in [1.807, 2.05) is 7.05 Å². The highest BCUT2D eigenvalue weighted by atomic mass is 32.1. The van der Waals surface area contributed by atoms with Crippen molar-refractivity contribution in [1.82, 2.24) is 9.97 Å². The van der Waals surface area contributed by atoms with Crippen molar-refractivity contribution in [2.75, 3.05) is 12.4 Å². The largest absolute Gasteiger partial charge is 0.372 e. The van der Waals surface area contributed by atoms with E-state index < -0.39 is 0 Å². The third-order valence-electron chi connectivity index (χ3n) is 4.84. The van der Waals surface area contributed by atoms with E-state index in [0.717, 1.165) is 28.3 Å². The van der Waals surface area contributed by atoms with Gasteiger partial charge >= 0.3 is 0 Å². The van der Waals surface area contributed by atoms with E-state index in [4.69, 9.17) is 9.97 Å². The van der Waals surface area contributed by atoms with Crippen molar-refractivity contribution < 1.29 is 0 Å². The molecule has 0 radical (unpaired) electrons. The molecule has 0 aliphatic heterocycles. The maximum absolute atomic E-state index is 4.87. The third kappa shape index (κ3) is 1.76. The maximum Gasteiger partial charge on any atom is 0.138 e. The van der Waals surface area contributed by atoms with E-state index >= 15 is 0 Å². The second kappa shape index (κ2) is 4.17. The first kappa shape index (κ1) is 11.6. The SMILES string of the molecule is CNc1nc(C2CC3CCC2C3)nc2sc(C)cc12. The van der Waals surface area contributed by atoms with Crippen LogP contribution in [0.2, 0.25) is 0 Å². The summed E-state index contributed by atoms with van der Waals surface area (Å²) in [5, 5.41) is 4.42. The zero-order chi connectivity index (χ0) is 13.0. The van der Waals surface area contributed by atoms with Crippen molar-refractivity contribution in [3.8, 4) is 0 Å². The third-order valence-corrected chi connectivity index (χ3v) is 5.78. The van der Waals surface area contributed by atoms with Crippen molar-refractivity contribution >= 4 is 27.4 Å². The van der Waals surface area contributed by atoms with Crippen molar-refractivity contribution in [2.24, 2.45) is 11.8 Å². The van der Waals surface area contributed by atoms with Gasteiger partial charge in [0.05, 0.1) is 5.39 Å². The Morgan fingerprint density at radius 1 is 1.26 bits per heavy atom. The summed E-state index contributed by atoms with van der Waals surface area (Å²) in [7, 11) is 1.96. The molecular weight excluding hydrogens is 254 g/mol. The molecule has 2 heterocycles. The van der Waals surface area contributed by atoms with Crippen LogP contribution in [0.4, 0.5) is 5.82 Å². The first-order valence-corrected chi connectivity index (χ1v) is 8.02. The molecule has 100 valence electrons. The number of anilines is 1. The summed E-state index contributed by atoms with van der Waals surface area (Å²) in [4.78, 5) is 12.1. The lowest BCUT2D eigenvalue weighted by atomic mass is 9.88. The minimum atomic E-state index is 0.609. The van der Waals surface area contributed by atoms with Gasteiger partial charge in [-0.3, -0.25) is 0 Å². The van der Waals surface area contributed by atoms with Crippen LogP contribution in [0.15, 0.2) is 6.07 Å². The Labute approximate surface area is 117 Å². The topological polar surface area (TPSA) is 37.8 Å². The fourth-order valence-corrected chi connectivity index (χ4v) is 4.86. The van der Waals surface area contributed by atoms with E-state index in [1.54, 1.807) is 11.3 Å². The number of nitrogens with one attached hydrogen (secondary N) is 1. The zero-order valence-corrected chi connectivity index (χ0v) is 12.3. The summed E-state index contributed by atoms with van der Waals surface area (Å²) in [6.45, 7) is 2.14. The molecule has 3 atom stereocenters. The average molecular weight is 273 g/mol. The molecular formula is C15H19N3S. The molecule has 0 amide bonds. The lowest BCUT2D eigenvalue weighted by molar-refractivity contribution is 0.406. The number of thiophene rings is 1. The van der Waals surface area contributed by atoms with Crippen LogP contribution in [-0.4, -0.2) is 17.0 Å². The lowest BCUT2D eigenvalue weighted by Crippen LogP contribution is -2.13. The van der Waals surface area contributed by atoms with Gasteiger partial charge < -0.3 is 5.32 Å². The first-order valence-electron chi connectivity index (χ1n) is 7.20. The molecule has 3 unspecified atom stereocenters. The summed E-state index contributed by atoms with van der Waals surface area (Å²) in [5.41, 5.74) is 0. The molecule has 4 rings (SSSR count). The van der Waals surface area contributed by atoms with Gasteiger partial charge in [-0.2, -0.15) is 0 Å². The Morgan fingerprint density at radius 3 is 2.84 bits per heavy atom. The standard InChI is InChI=1S/C15H19N3S/c1-8-5-12-13(16-2)17-14(18-15(12)19-8)11-7-9-3-4-10(11)6-9/h5,9-11H,3-4,6-7H2,1-2H3,(H,16,17,18). The molecule has 19 heavy (non-hydrogen) atoms. The zero-order valence-electron chi connectivity index (χ0n) is 11.4. The van der Waals surface area contributed by atoms with Crippen LogP contribution in [0.3, 0.4) is 0 Å². The second-order valence-electron chi connectivity index (χ2n) is 6.04. The summed E-state index contributed by atoms with van der Waals surface area (Å²) in [6, 6.07) is 2.19. The number of rotatable bonds is 2. The van der Waals surface area contributed by atoms with Gasteiger partial charge in [0, 0.05) is 17.8 Å². The van der Waals surface area contributed by atoms with E-state index in [1.165, 1.54) is 35.9 Å². The highest BCUT2D eigenvalue weighted by Crippen LogP contribution is 2.52. The number of fused-ring (bicyclic) bond motifs is 3. The van der Waals surface area contributed by atoms with Crippen LogP contribution in [0, 0.1) is 18.8 Å². The van der Waals surface area contributed by atoms with Crippen molar-refractivity contribution in [3.05, 3.63) is 16.8 Å². The second-order valence-corrected chi connectivity index (χ2v) is 7.27. The summed E-state index contributed by atoms with van der Waals surface area (Å²) >= 11 is 1.78. The Balaban J connectivity index is 1.82. The molecule has 0 spiro atoms. The molecule has 4 heteroatoms. The molecule has 2 aliphatic rings. The fourth-order valence-electron chi connectivity index (χ4n) is 3.98. The van der Waals surface area contributed by atoms with Gasteiger partial charge in [-0.15, -0.1) is 11.3 Å². The summed E-state index contributed by atoms with van der Waals surface area (Å²) in [5.74, 6) is 4.49. The molecule has 2 bridgehead atoms. The molecule has 1 N–H and O–H groups in total. The van der Waals surface area contributed by atoms with Crippen LogP contribution < -0.4 is 5.32 Å². The number of hydrogen-bond donors (Lipinski definition) is 1. The van der Waals surface area contributed by atoms with Gasteiger partial charge in [-0.05, 0) is 44.1 Å². The molecule has 0 saturated heterocycles. The van der Waals surface area contributed by atoms with Crippen molar-refractivity contribution in [1.29, 1.82) is 0 Å². The normalized spacial score (nSPS) is 29.3. The van der Waals surface area contributed by atoms with Gasteiger partial charge in [0.15, 0.2) is 0 Å². The molecule has 2 aliphatic carbocycles. The van der Waals surface area contributed by atoms with Crippen LogP contribution >= 0.6 is 11.3 Å². The molecule has 2 aromatic rings. The van der Waals surface area contributed by atoms with Gasteiger partial charge in [0.1, 0.15) is 16.5 Å². The first-order chi connectivity index (χ1) is 9.24. The minimum absolute atomic E-state index is 0.609. The number of hydrogen-bond acceptors (Lipinski definition) is 4. The summed E-state index contributed by atoms with van der Waals surface area (Å²) in [6.07, 6.45) is 5.53. The van der Waals surface area contributed by atoms with Gasteiger partial charge in [-0.25, -0.2) is 9.97 Å². The highest BCUT2D eigenvalue weighted by molar-refractivity contribution is 7.18. The minimum Gasteiger partial charge on any atom is -0.372 e. The van der Waals surface area contributed by atoms with E-state index in [9.17, 15) is 0 Å². The number of aromatic nitrogens is 2.